The SMILES string of the molecule is C=C[C@H](C(=O)O)[C@H](C)c1ccccc1. The fourth-order valence-corrected chi connectivity index (χ4v) is 1.48. The Morgan fingerprint density at radius 2 is 2.00 bits per heavy atom. The second kappa shape index (κ2) is 4.61. The number of hydrogen-bond donors (Lipinski definition) is 1. The summed E-state index contributed by atoms with van der Waals surface area (Å²) in [5.41, 5.74) is 1.03. The lowest BCUT2D eigenvalue weighted by molar-refractivity contribution is -0.140. The van der Waals surface area contributed by atoms with Crippen molar-refractivity contribution < 1.29 is 9.90 Å². The van der Waals surface area contributed by atoms with E-state index in [1.165, 1.54) is 6.08 Å². The quantitative estimate of drug-likeness (QED) is 0.741. The van der Waals surface area contributed by atoms with Crippen molar-refractivity contribution in [3.05, 3.63) is 48.6 Å². The second-order valence-electron chi connectivity index (χ2n) is 3.30. The van der Waals surface area contributed by atoms with Crippen LogP contribution in [0.15, 0.2) is 43.0 Å². The zero-order valence-electron chi connectivity index (χ0n) is 8.18. The molecule has 0 spiro atoms. The summed E-state index contributed by atoms with van der Waals surface area (Å²) in [6.45, 7) is 5.45. The molecular formula is C12H14O2. The lowest BCUT2D eigenvalue weighted by Crippen LogP contribution is -2.17. The molecule has 1 N–H and O–H groups in total. The van der Waals surface area contributed by atoms with Crippen molar-refractivity contribution >= 4 is 5.97 Å². The Hall–Kier alpha value is -1.57. The summed E-state index contributed by atoms with van der Waals surface area (Å²) < 4.78 is 0. The van der Waals surface area contributed by atoms with Gasteiger partial charge in [0, 0.05) is 0 Å². The van der Waals surface area contributed by atoms with Gasteiger partial charge in [0.1, 0.15) is 0 Å². The zero-order chi connectivity index (χ0) is 10.6. The third-order valence-electron chi connectivity index (χ3n) is 2.40. The molecular weight excluding hydrogens is 176 g/mol. The Morgan fingerprint density at radius 3 is 2.43 bits per heavy atom. The first-order chi connectivity index (χ1) is 6.66. The molecule has 0 bridgehead atoms. The first kappa shape index (κ1) is 10.5. The highest BCUT2D eigenvalue weighted by Crippen LogP contribution is 2.24. The van der Waals surface area contributed by atoms with E-state index in [2.05, 4.69) is 6.58 Å². The van der Waals surface area contributed by atoms with E-state index in [1.807, 2.05) is 37.3 Å². The molecule has 0 unspecified atom stereocenters. The van der Waals surface area contributed by atoms with Crippen molar-refractivity contribution in [3.8, 4) is 0 Å². The van der Waals surface area contributed by atoms with Gasteiger partial charge in [0.15, 0.2) is 0 Å². The van der Waals surface area contributed by atoms with E-state index in [4.69, 9.17) is 5.11 Å². The number of carboxylic acids is 1. The number of benzene rings is 1. The lowest BCUT2D eigenvalue weighted by Gasteiger charge is -2.16. The smallest absolute Gasteiger partial charge is 0.310 e. The third-order valence-corrected chi connectivity index (χ3v) is 2.40. The summed E-state index contributed by atoms with van der Waals surface area (Å²) in [5, 5.41) is 8.93. The minimum atomic E-state index is -0.823. The topological polar surface area (TPSA) is 37.3 Å². The number of carbonyl (C=O) groups is 1. The van der Waals surface area contributed by atoms with E-state index < -0.39 is 11.9 Å². The van der Waals surface area contributed by atoms with Crippen LogP contribution in [0.1, 0.15) is 18.4 Å². The van der Waals surface area contributed by atoms with Crippen molar-refractivity contribution in [2.24, 2.45) is 5.92 Å². The molecule has 2 atom stereocenters. The molecule has 0 amide bonds. The summed E-state index contributed by atoms with van der Waals surface area (Å²) in [5.74, 6) is -1.38. The van der Waals surface area contributed by atoms with E-state index in [0.717, 1.165) is 5.56 Å². The largest absolute Gasteiger partial charge is 0.481 e. The van der Waals surface area contributed by atoms with Crippen LogP contribution in [-0.2, 0) is 4.79 Å². The average Bonchev–Trinajstić information content (AvgIpc) is 2.19. The molecule has 0 aliphatic rings. The molecule has 2 heteroatoms. The molecule has 2 nitrogen and oxygen atoms in total. The molecule has 0 aromatic heterocycles. The molecule has 1 aromatic rings. The number of rotatable bonds is 4. The van der Waals surface area contributed by atoms with Crippen LogP contribution in [0.5, 0.6) is 0 Å². The van der Waals surface area contributed by atoms with Gasteiger partial charge in [0.2, 0.25) is 0 Å². The van der Waals surface area contributed by atoms with Crippen LogP contribution < -0.4 is 0 Å². The van der Waals surface area contributed by atoms with Gasteiger partial charge >= 0.3 is 5.97 Å². The van der Waals surface area contributed by atoms with Gasteiger partial charge < -0.3 is 5.11 Å². The summed E-state index contributed by atoms with van der Waals surface area (Å²) in [4.78, 5) is 10.9. The summed E-state index contributed by atoms with van der Waals surface area (Å²) in [6.07, 6.45) is 1.49. The molecule has 1 aromatic carbocycles. The second-order valence-corrected chi connectivity index (χ2v) is 3.30. The summed E-state index contributed by atoms with van der Waals surface area (Å²) in [7, 11) is 0. The minimum Gasteiger partial charge on any atom is -0.481 e. The fraction of sp³-hybridized carbons (Fsp3) is 0.250. The van der Waals surface area contributed by atoms with Crippen molar-refractivity contribution in [1.82, 2.24) is 0 Å². The van der Waals surface area contributed by atoms with Crippen LogP contribution in [0.4, 0.5) is 0 Å². The van der Waals surface area contributed by atoms with E-state index in [0.29, 0.717) is 0 Å². The maximum atomic E-state index is 10.9. The van der Waals surface area contributed by atoms with Crippen molar-refractivity contribution in [3.63, 3.8) is 0 Å². The monoisotopic (exact) mass is 190 g/mol. The predicted molar refractivity (Wildman–Crippen MR) is 56.2 cm³/mol. The van der Waals surface area contributed by atoms with E-state index in [1.54, 1.807) is 0 Å². The van der Waals surface area contributed by atoms with Crippen LogP contribution >= 0.6 is 0 Å². The molecule has 0 heterocycles. The van der Waals surface area contributed by atoms with Crippen molar-refractivity contribution in [2.75, 3.05) is 0 Å². The highest BCUT2D eigenvalue weighted by Gasteiger charge is 2.22. The molecule has 14 heavy (non-hydrogen) atoms. The fourth-order valence-electron chi connectivity index (χ4n) is 1.48. The number of hydrogen-bond acceptors (Lipinski definition) is 1. The van der Waals surface area contributed by atoms with Crippen LogP contribution in [0, 0.1) is 5.92 Å². The maximum Gasteiger partial charge on any atom is 0.310 e. The van der Waals surface area contributed by atoms with Crippen LogP contribution in [0.25, 0.3) is 0 Å². The zero-order valence-corrected chi connectivity index (χ0v) is 8.18. The Bertz CT molecular complexity index is 316. The highest BCUT2D eigenvalue weighted by atomic mass is 16.4. The molecule has 0 saturated carbocycles. The Morgan fingerprint density at radius 1 is 1.43 bits per heavy atom. The first-order valence-electron chi connectivity index (χ1n) is 4.57. The Kier molecular flexibility index (Phi) is 3.46. The van der Waals surface area contributed by atoms with Gasteiger partial charge in [-0.15, -0.1) is 6.58 Å². The van der Waals surface area contributed by atoms with Crippen LogP contribution in [0.3, 0.4) is 0 Å². The molecule has 0 saturated heterocycles. The van der Waals surface area contributed by atoms with Crippen LogP contribution in [-0.4, -0.2) is 11.1 Å². The predicted octanol–water partition coefficient (Wildman–Crippen LogP) is 2.68. The first-order valence-corrected chi connectivity index (χ1v) is 4.57. The highest BCUT2D eigenvalue weighted by molar-refractivity contribution is 5.73. The Labute approximate surface area is 83.9 Å². The molecule has 0 aliphatic carbocycles. The van der Waals surface area contributed by atoms with Gasteiger partial charge in [-0.2, -0.15) is 0 Å². The summed E-state index contributed by atoms with van der Waals surface area (Å²) >= 11 is 0. The molecule has 0 radical (unpaired) electrons. The normalized spacial score (nSPS) is 14.4. The molecule has 0 aliphatic heterocycles. The standard InChI is InChI=1S/C12H14O2/c1-3-11(12(13)14)9(2)10-7-5-4-6-8-10/h3-9,11H,1H2,2H3,(H,13,14)/t9-,11+/m1/s1. The van der Waals surface area contributed by atoms with Crippen molar-refractivity contribution in [2.45, 2.75) is 12.8 Å². The van der Waals surface area contributed by atoms with Gasteiger partial charge in [0.25, 0.3) is 0 Å². The van der Waals surface area contributed by atoms with Gasteiger partial charge in [-0.3, -0.25) is 4.79 Å². The van der Waals surface area contributed by atoms with Gasteiger partial charge in [-0.1, -0.05) is 43.3 Å². The minimum absolute atomic E-state index is 0.0359. The lowest BCUT2D eigenvalue weighted by atomic mass is 9.88. The van der Waals surface area contributed by atoms with E-state index in [9.17, 15) is 4.79 Å². The average molecular weight is 190 g/mol. The van der Waals surface area contributed by atoms with Crippen molar-refractivity contribution in [1.29, 1.82) is 0 Å². The molecule has 0 fully saturated rings. The number of aliphatic carboxylic acids is 1. The molecule has 1 rings (SSSR count). The van der Waals surface area contributed by atoms with E-state index >= 15 is 0 Å². The number of carboxylic acid groups (broad SMARTS) is 1. The third kappa shape index (κ3) is 2.22. The van der Waals surface area contributed by atoms with Gasteiger partial charge in [0.05, 0.1) is 5.92 Å². The molecule has 74 valence electrons. The van der Waals surface area contributed by atoms with Gasteiger partial charge in [-0.05, 0) is 11.5 Å². The van der Waals surface area contributed by atoms with Crippen LogP contribution in [0.2, 0.25) is 0 Å². The van der Waals surface area contributed by atoms with Gasteiger partial charge in [-0.25, -0.2) is 0 Å². The maximum absolute atomic E-state index is 10.9. The Balaban J connectivity index is 2.88. The van der Waals surface area contributed by atoms with E-state index in [-0.39, 0.29) is 5.92 Å². The summed E-state index contributed by atoms with van der Waals surface area (Å²) in [6, 6.07) is 9.61.